The number of rotatable bonds is 7. The topological polar surface area (TPSA) is 63.7 Å². The van der Waals surface area contributed by atoms with E-state index in [4.69, 9.17) is 9.47 Å². The van der Waals surface area contributed by atoms with Crippen LogP contribution in [-0.4, -0.2) is 44.7 Å². The van der Waals surface area contributed by atoms with Crippen molar-refractivity contribution in [2.24, 2.45) is 0 Å². The second kappa shape index (κ2) is 9.97. The van der Waals surface area contributed by atoms with Crippen molar-refractivity contribution in [2.45, 2.75) is 32.1 Å². The zero-order chi connectivity index (χ0) is 19.8. The van der Waals surface area contributed by atoms with E-state index in [0.717, 1.165) is 24.3 Å². The van der Waals surface area contributed by atoms with Crippen LogP contribution in [0.15, 0.2) is 36.7 Å². The third kappa shape index (κ3) is 5.15. The molecule has 1 aliphatic heterocycles. The number of anilines is 1. The molecule has 1 aromatic carbocycles. The number of amides is 1. The van der Waals surface area contributed by atoms with Crippen LogP contribution in [0.25, 0.3) is 0 Å². The van der Waals surface area contributed by atoms with Crippen molar-refractivity contribution in [3.05, 3.63) is 47.8 Å². The monoisotopic (exact) mass is 383 g/mol. The molecule has 6 heteroatoms. The van der Waals surface area contributed by atoms with Gasteiger partial charge in [0.05, 0.1) is 31.7 Å². The van der Waals surface area contributed by atoms with Crippen LogP contribution in [0.4, 0.5) is 5.69 Å². The van der Waals surface area contributed by atoms with Crippen LogP contribution in [0.3, 0.4) is 0 Å². The van der Waals surface area contributed by atoms with Crippen molar-refractivity contribution in [2.75, 3.05) is 38.8 Å². The van der Waals surface area contributed by atoms with Crippen molar-refractivity contribution in [1.29, 1.82) is 0 Å². The van der Waals surface area contributed by atoms with E-state index in [0.29, 0.717) is 30.0 Å². The molecule has 1 amide bonds. The summed E-state index contributed by atoms with van der Waals surface area (Å²) in [5.41, 5.74) is 2.72. The Hall–Kier alpha value is -2.76. The maximum Gasteiger partial charge on any atom is 0.252 e. The van der Waals surface area contributed by atoms with Crippen molar-refractivity contribution >= 4 is 11.6 Å². The van der Waals surface area contributed by atoms with Gasteiger partial charge in [-0.3, -0.25) is 9.78 Å². The number of pyridine rings is 1. The standard InChI is InChI=1S/C22H29N3O3/c1-27-20-8-7-17(13-21(20)28-2)9-10-24-22(26)18-14-19(16-23-15-18)25-11-5-3-4-6-12-25/h7-8,13-16H,3-6,9-12H2,1-2H3,(H,24,26). The lowest BCUT2D eigenvalue weighted by atomic mass is 10.1. The maximum absolute atomic E-state index is 12.5. The summed E-state index contributed by atoms with van der Waals surface area (Å²) in [5, 5.41) is 2.99. The van der Waals surface area contributed by atoms with Gasteiger partial charge in [-0.1, -0.05) is 18.9 Å². The molecule has 0 aliphatic carbocycles. The largest absolute Gasteiger partial charge is 0.493 e. The minimum atomic E-state index is -0.0929. The number of hydrogen-bond donors (Lipinski definition) is 1. The Balaban J connectivity index is 1.57. The van der Waals surface area contributed by atoms with Gasteiger partial charge >= 0.3 is 0 Å². The van der Waals surface area contributed by atoms with Crippen LogP contribution < -0.4 is 19.7 Å². The van der Waals surface area contributed by atoms with E-state index in [2.05, 4.69) is 15.2 Å². The summed E-state index contributed by atoms with van der Waals surface area (Å²) in [6.07, 6.45) is 9.15. The molecule has 1 aliphatic rings. The summed E-state index contributed by atoms with van der Waals surface area (Å²) < 4.78 is 10.6. The van der Waals surface area contributed by atoms with Gasteiger partial charge in [0.1, 0.15) is 0 Å². The van der Waals surface area contributed by atoms with Gasteiger partial charge in [0.2, 0.25) is 0 Å². The molecule has 150 valence electrons. The number of aromatic nitrogens is 1. The third-order valence-corrected chi connectivity index (χ3v) is 5.10. The van der Waals surface area contributed by atoms with Crippen LogP contribution in [0.1, 0.15) is 41.6 Å². The Labute approximate surface area is 166 Å². The molecule has 28 heavy (non-hydrogen) atoms. The summed E-state index contributed by atoms with van der Waals surface area (Å²) >= 11 is 0. The van der Waals surface area contributed by atoms with Gasteiger partial charge in [0.15, 0.2) is 11.5 Å². The molecule has 0 spiro atoms. The van der Waals surface area contributed by atoms with Gasteiger partial charge in [-0.2, -0.15) is 0 Å². The Kier molecular flexibility index (Phi) is 7.12. The van der Waals surface area contributed by atoms with Gasteiger partial charge in [0, 0.05) is 25.8 Å². The highest BCUT2D eigenvalue weighted by atomic mass is 16.5. The number of hydrogen-bond acceptors (Lipinski definition) is 5. The number of methoxy groups -OCH3 is 2. The Bertz CT molecular complexity index is 786. The molecule has 0 bridgehead atoms. The SMILES string of the molecule is COc1ccc(CCNC(=O)c2cncc(N3CCCCCC3)c2)cc1OC. The molecule has 1 aromatic heterocycles. The van der Waals surface area contributed by atoms with Crippen LogP contribution in [0, 0.1) is 0 Å². The third-order valence-electron chi connectivity index (χ3n) is 5.10. The fourth-order valence-corrected chi connectivity index (χ4v) is 3.51. The molecule has 1 saturated heterocycles. The first-order valence-corrected chi connectivity index (χ1v) is 9.90. The van der Waals surface area contributed by atoms with Gasteiger partial charge in [-0.25, -0.2) is 0 Å². The first-order chi connectivity index (χ1) is 13.7. The molecule has 6 nitrogen and oxygen atoms in total. The number of nitrogens with one attached hydrogen (secondary N) is 1. The molecule has 0 unspecified atom stereocenters. The summed E-state index contributed by atoms with van der Waals surface area (Å²) in [4.78, 5) is 19.2. The normalized spacial score (nSPS) is 14.3. The van der Waals surface area contributed by atoms with Crippen molar-refractivity contribution in [3.63, 3.8) is 0 Å². The summed E-state index contributed by atoms with van der Waals surface area (Å²) in [6, 6.07) is 7.75. The highest BCUT2D eigenvalue weighted by Gasteiger charge is 2.13. The number of carbonyl (C=O) groups excluding carboxylic acids is 1. The number of carbonyl (C=O) groups is 1. The zero-order valence-electron chi connectivity index (χ0n) is 16.7. The second-order valence-electron chi connectivity index (χ2n) is 7.03. The summed E-state index contributed by atoms with van der Waals surface area (Å²) in [6.45, 7) is 2.61. The van der Waals surface area contributed by atoms with E-state index in [1.54, 1.807) is 20.4 Å². The average Bonchev–Trinajstić information content (AvgIpc) is 3.03. The minimum absolute atomic E-state index is 0.0929. The highest BCUT2D eigenvalue weighted by molar-refractivity contribution is 5.94. The number of nitrogens with zero attached hydrogens (tertiary/aromatic N) is 2. The highest BCUT2D eigenvalue weighted by Crippen LogP contribution is 2.27. The van der Waals surface area contributed by atoms with Crippen molar-refractivity contribution in [3.8, 4) is 11.5 Å². The molecule has 2 aromatic rings. The molecule has 0 atom stereocenters. The second-order valence-corrected chi connectivity index (χ2v) is 7.03. The zero-order valence-corrected chi connectivity index (χ0v) is 16.7. The number of benzene rings is 1. The molecule has 1 fully saturated rings. The first kappa shape index (κ1) is 20.0. The van der Waals surface area contributed by atoms with Gasteiger partial charge < -0.3 is 19.7 Å². The van der Waals surface area contributed by atoms with Crippen molar-refractivity contribution in [1.82, 2.24) is 10.3 Å². The molecule has 1 N–H and O–H groups in total. The van der Waals surface area contributed by atoms with Gasteiger partial charge in [-0.15, -0.1) is 0 Å². The fourth-order valence-electron chi connectivity index (χ4n) is 3.51. The van der Waals surface area contributed by atoms with Crippen molar-refractivity contribution < 1.29 is 14.3 Å². The van der Waals surface area contributed by atoms with Crippen LogP contribution in [-0.2, 0) is 6.42 Å². The molecule has 0 radical (unpaired) electrons. The van der Waals surface area contributed by atoms with Gasteiger partial charge in [0.25, 0.3) is 5.91 Å². The lowest BCUT2D eigenvalue weighted by molar-refractivity contribution is 0.0954. The van der Waals surface area contributed by atoms with E-state index in [9.17, 15) is 4.79 Å². The van der Waals surface area contributed by atoms with E-state index in [1.807, 2.05) is 30.5 Å². The first-order valence-electron chi connectivity index (χ1n) is 9.90. The lowest BCUT2D eigenvalue weighted by Crippen LogP contribution is -2.27. The van der Waals surface area contributed by atoms with Crippen LogP contribution >= 0.6 is 0 Å². The van der Waals surface area contributed by atoms with Crippen LogP contribution in [0.2, 0.25) is 0 Å². The molecule has 0 saturated carbocycles. The lowest BCUT2D eigenvalue weighted by Gasteiger charge is -2.22. The smallest absolute Gasteiger partial charge is 0.252 e. The predicted octanol–water partition coefficient (Wildman–Crippen LogP) is 3.45. The Morgan fingerprint density at radius 2 is 1.79 bits per heavy atom. The minimum Gasteiger partial charge on any atom is -0.493 e. The average molecular weight is 383 g/mol. The number of ether oxygens (including phenoxy) is 2. The summed E-state index contributed by atoms with van der Waals surface area (Å²) in [5.74, 6) is 1.30. The molecular formula is C22H29N3O3. The maximum atomic E-state index is 12.5. The quantitative estimate of drug-likeness (QED) is 0.793. The Morgan fingerprint density at radius 1 is 1.04 bits per heavy atom. The van der Waals surface area contributed by atoms with E-state index in [-0.39, 0.29) is 5.91 Å². The molecule has 2 heterocycles. The molecule has 3 rings (SSSR count). The van der Waals surface area contributed by atoms with E-state index in [1.165, 1.54) is 25.7 Å². The molecular weight excluding hydrogens is 354 g/mol. The van der Waals surface area contributed by atoms with Gasteiger partial charge in [-0.05, 0) is 43.0 Å². The fraction of sp³-hybridized carbons (Fsp3) is 0.455. The van der Waals surface area contributed by atoms with Crippen LogP contribution in [0.5, 0.6) is 11.5 Å². The summed E-state index contributed by atoms with van der Waals surface area (Å²) in [7, 11) is 3.24. The Morgan fingerprint density at radius 3 is 2.50 bits per heavy atom. The predicted molar refractivity (Wildman–Crippen MR) is 111 cm³/mol. The van der Waals surface area contributed by atoms with E-state index < -0.39 is 0 Å². The van der Waals surface area contributed by atoms with E-state index >= 15 is 0 Å².